The fraction of sp³-hybridized carbons (Fsp3) is 0.154. The SMILES string of the molecule is CCCCOC(=O)c1ccc(NC=C(C#N)c2nc(-c3cc4ccccc4oc3=O)cs2)cc1. The first-order chi connectivity index (χ1) is 16.6. The Balaban J connectivity index is 1.49. The molecule has 4 aromatic rings. The highest BCUT2D eigenvalue weighted by molar-refractivity contribution is 7.11. The van der Waals surface area contributed by atoms with Crippen molar-refractivity contribution in [2.45, 2.75) is 19.8 Å². The highest BCUT2D eigenvalue weighted by Gasteiger charge is 2.14. The fourth-order valence-corrected chi connectivity index (χ4v) is 3.94. The van der Waals surface area contributed by atoms with Crippen molar-refractivity contribution in [3.63, 3.8) is 0 Å². The molecule has 8 heteroatoms. The number of aromatic nitrogens is 1. The van der Waals surface area contributed by atoms with E-state index in [1.165, 1.54) is 11.3 Å². The van der Waals surface area contributed by atoms with Crippen LogP contribution in [-0.2, 0) is 4.74 Å². The Labute approximate surface area is 200 Å². The van der Waals surface area contributed by atoms with Gasteiger partial charge in [0.2, 0.25) is 0 Å². The molecule has 7 nitrogen and oxygen atoms in total. The van der Waals surface area contributed by atoms with Gasteiger partial charge in [0.05, 0.1) is 23.4 Å². The highest BCUT2D eigenvalue weighted by atomic mass is 32.1. The Morgan fingerprint density at radius 3 is 2.79 bits per heavy atom. The maximum atomic E-state index is 12.4. The zero-order chi connectivity index (χ0) is 23.9. The second-order valence-corrected chi connectivity index (χ2v) is 8.26. The van der Waals surface area contributed by atoms with Gasteiger partial charge in [-0.2, -0.15) is 5.26 Å². The van der Waals surface area contributed by atoms with Gasteiger partial charge in [0.25, 0.3) is 0 Å². The summed E-state index contributed by atoms with van der Waals surface area (Å²) in [5.74, 6) is -0.360. The quantitative estimate of drug-likeness (QED) is 0.149. The van der Waals surface area contributed by atoms with Crippen LogP contribution in [0.5, 0.6) is 0 Å². The number of thiazole rings is 1. The van der Waals surface area contributed by atoms with Crippen LogP contribution in [0.25, 0.3) is 27.8 Å². The summed E-state index contributed by atoms with van der Waals surface area (Å²) in [7, 11) is 0. The van der Waals surface area contributed by atoms with Crippen molar-refractivity contribution in [1.29, 1.82) is 5.26 Å². The van der Waals surface area contributed by atoms with Gasteiger partial charge >= 0.3 is 11.6 Å². The first-order valence-electron chi connectivity index (χ1n) is 10.7. The van der Waals surface area contributed by atoms with Gasteiger partial charge in [-0.1, -0.05) is 31.5 Å². The average Bonchev–Trinajstić information content (AvgIpc) is 3.34. The smallest absolute Gasteiger partial charge is 0.345 e. The van der Waals surface area contributed by atoms with E-state index in [1.54, 1.807) is 54.0 Å². The predicted octanol–water partition coefficient (Wildman–Crippen LogP) is 5.85. The third-order valence-corrected chi connectivity index (χ3v) is 5.88. The lowest BCUT2D eigenvalue weighted by Gasteiger charge is -2.05. The Morgan fingerprint density at radius 1 is 1.24 bits per heavy atom. The monoisotopic (exact) mass is 471 g/mol. The summed E-state index contributed by atoms with van der Waals surface area (Å²) in [4.78, 5) is 28.9. The van der Waals surface area contributed by atoms with Crippen molar-refractivity contribution in [1.82, 2.24) is 4.98 Å². The van der Waals surface area contributed by atoms with Gasteiger partial charge in [0, 0.05) is 22.7 Å². The number of esters is 1. The number of nitriles is 1. The number of hydrogen-bond acceptors (Lipinski definition) is 8. The minimum absolute atomic E-state index is 0.310. The highest BCUT2D eigenvalue weighted by Crippen LogP contribution is 2.26. The Bertz CT molecular complexity index is 1450. The molecule has 0 atom stereocenters. The second-order valence-electron chi connectivity index (χ2n) is 7.40. The Morgan fingerprint density at radius 2 is 2.03 bits per heavy atom. The molecule has 0 spiro atoms. The van der Waals surface area contributed by atoms with E-state index < -0.39 is 5.63 Å². The van der Waals surface area contributed by atoms with Crippen LogP contribution in [0.4, 0.5) is 5.69 Å². The van der Waals surface area contributed by atoms with Crippen molar-refractivity contribution in [3.8, 4) is 17.3 Å². The third kappa shape index (κ3) is 5.22. The van der Waals surface area contributed by atoms with Gasteiger partial charge in [-0.15, -0.1) is 11.3 Å². The molecule has 0 saturated carbocycles. The molecule has 2 aromatic heterocycles. The second kappa shape index (κ2) is 10.6. The number of carbonyl (C=O) groups is 1. The number of nitrogens with one attached hydrogen (secondary N) is 1. The molecule has 0 radical (unpaired) electrons. The summed E-state index contributed by atoms with van der Waals surface area (Å²) in [6.45, 7) is 2.44. The first-order valence-corrected chi connectivity index (χ1v) is 11.6. The molecule has 2 heterocycles. The number of benzene rings is 2. The molecular formula is C26H21N3O4S. The Hall–Kier alpha value is -4.22. The topological polar surface area (TPSA) is 105 Å². The van der Waals surface area contributed by atoms with Gasteiger partial charge in [0.1, 0.15) is 22.2 Å². The summed E-state index contributed by atoms with van der Waals surface area (Å²) >= 11 is 1.26. The van der Waals surface area contributed by atoms with E-state index in [0.717, 1.165) is 18.2 Å². The number of hydrogen-bond donors (Lipinski definition) is 1. The zero-order valence-electron chi connectivity index (χ0n) is 18.4. The van der Waals surface area contributed by atoms with Crippen LogP contribution in [0.1, 0.15) is 35.1 Å². The van der Waals surface area contributed by atoms with Crippen LogP contribution in [0.3, 0.4) is 0 Å². The van der Waals surface area contributed by atoms with E-state index in [4.69, 9.17) is 9.15 Å². The van der Waals surface area contributed by atoms with E-state index in [9.17, 15) is 14.9 Å². The van der Waals surface area contributed by atoms with E-state index in [1.807, 2.05) is 19.1 Å². The molecule has 0 bridgehead atoms. The molecule has 0 aliphatic carbocycles. The van der Waals surface area contributed by atoms with E-state index >= 15 is 0 Å². The molecule has 0 amide bonds. The molecule has 0 saturated heterocycles. The van der Waals surface area contributed by atoms with Crippen LogP contribution in [0.2, 0.25) is 0 Å². The minimum Gasteiger partial charge on any atom is -0.462 e. The van der Waals surface area contributed by atoms with Gasteiger partial charge < -0.3 is 14.5 Å². The molecule has 2 aromatic carbocycles. The van der Waals surface area contributed by atoms with E-state index in [2.05, 4.69) is 16.4 Å². The maximum Gasteiger partial charge on any atom is 0.345 e. The van der Waals surface area contributed by atoms with Crippen LogP contribution < -0.4 is 10.9 Å². The summed E-state index contributed by atoms with van der Waals surface area (Å²) in [5, 5.41) is 15.6. The predicted molar refractivity (Wildman–Crippen MR) is 132 cm³/mol. The van der Waals surface area contributed by atoms with E-state index in [0.29, 0.717) is 45.3 Å². The number of ether oxygens (including phenoxy) is 1. The molecule has 0 aliphatic heterocycles. The lowest BCUT2D eigenvalue weighted by atomic mass is 10.1. The van der Waals surface area contributed by atoms with Gasteiger partial charge in [0.15, 0.2) is 0 Å². The summed E-state index contributed by atoms with van der Waals surface area (Å²) in [6.07, 6.45) is 3.33. The molecule has 0 unspecified atom stereocenters. The van der Waals surface area contributed by atoms with Gasteiger partial charge in [-0.3, -0.25) is 0 Å². The standard InChI is InChI=1S/C26H21N3O4S/c1-2-3-12-32-25(30)17-8-10-20(11-9-17)28-15-19(14-27)24-29-22(16-34-24)21-13-18-6-4-5-7-23(18)33-26(21)31/h4-11,13,15-16,28H,2-3,12H2,1H3. The summed E-state index contributed by atoms with van der Waals surface area (Å²) in [5.41, 5.74) is 2.29. The number of allylic oxidation sites excluding steroid dienone is 1. The number of anilines is 1. The largest absolute Gasteiger partial charge is 0.462 e. The van der Waals surface area contributed by atoms with Crippen LogP contribution >= 0.6 is 11.3 Å². The van der Waals surface area contributed by atoms with Crippen molar-refractivity contribution in [2.24, 2.45) is 0 Å². The number of carbonyl (C=O) groups excluding carboxylic acids is 1. The minimum atomic E-state index is -0.482. The number of para-hydroxylation sites is 1. The zero-order valence-corrected chi connectivity index (χ0v) is 19.2. The van der Waals surface area contributed by atoms with Crippen LogP contribution in [-0.4, -0.2) is 17.6 Å². The molecular weight excluding hydrogens is 450 g/mol. The Kier molecular flexibility index (Phi) is 7.16. The molecule has 0 fully saturated rings. The normalized spacial score (nSPS) is 11.2. The fourth-order valence-electron chi connectivity index (χ4n) is 3.15. The number of unbranched alkanes of at least 4 members (excludes halogenated alkanes) is 1. The molecule has 1 N–H and O–H groups in total. The lowest BCUT2D eigenvalue weighted by Crippen LogP contribution is -2.06. The van der Waals surface area contributed by atoms with Crippen molar-refractivity contribution >= 4 is 39.5 Å². The maximum absolute atomic E-state index is 12.4. The molecule has 170 valence electrons. The average molecular weight is 472 g/mol. The molecule has 4 rings (SSSR count). The summed E-state index contributed by atoms with van der Waals surface area (Å²) < 4.78 is 10.6. The van der Waals surface area contributed by atoms with Crippen molar-refractivity contribution in [3.05, 3.63) is 87.2 Å². The molecule has 0 aliphatic rings. The van der Waals surface area contributed by atoms with Crippen molar-refractivity contribution < 1.29 is 13.9 Å². The van der Waals surface area contributed by atoms with Crippen molar-refractivity contribution in [2.75, 3.05) is 11.9 Å². The third-order valence-electron chi connectivity index (χ3n) is 5.01. The van der Waals surface area contributed by atoms with Gasteiger partial charge in [-0.25, -0.2) is 14.6 Å². The van der Waals surface area contributed by atoms with Crippen LogP contribution in [0.15, 0.2) is 75.4 Å². The number of nitrogens with zero attached hydrogens (tertiary/aromatic N) is 2. The first kappa shape index (κ1) is 23.0. The van der Waals surface area contributed by atoms with Gasteiger partial charge in [-0.05, 0) is 42.8 Å². The summed E-state index contributed by atoms with van der Waals surface area (Å²) in [6, 6.07) is 17.9. The number of rotatable bonds is 8. The lowest BCUT2D eigenvalue weighted by molar-refractivity contribution is 0.0500. The van der Waals surface area contributed by atoms with Crippen LogP contribution in [0, 0.1) is 11.3 Å². The number of fused-ring (bicyclic) bond motifs is 1. The molecule has 34 heavy (non-hydrogen) atoms. The van der Waals surface area contributed by atoms with E-state index in [-0.39, 0.29) is 5.97 Å².